The van der Waals surface area contributed by atoms with Crippen LogP contribution in [-0.4, -0.2) is 68.4 Å². The lowest BCUT2D eigenvalue weighted by Gasteiger charge is -2.40. The molecule has 8 nitrogen and oxygen atoms in total. The quantitative estimate of drug-likeness (QED) is 0.748. The molecule has 8 heteroatoms. The molecular formula is C24H34N6O2. The lowest BCUT2D eigenvalue weighted by molar-refractivity contribution is -0.116. The number of rotatable bonds is 6. The van der Waals surface area contributed by atoms with Crippen LogP contribution in [0, 0.1) is 5.92 Å². The van der Waals surface area contributed by atoms with Gasteiger partial charge in [0.2, 0.25) is 5.91 Å². The topological polar surface area (TPSA) is 83.4 Å². The maximum absolute atomic E-state index is 13.0. The molecule has 32 heavy (non-hydrogen) atoms. The van der Waals surface area contributed by atoms with Crippen LogP contribution in [0.2, 0.25) is 0 Å². The van der Waals surface area contributed by atoms with Crippen LogP contribution in [0.25, 0.3) is 5.82 Å². The van der Waals surface area contributed by atoms with Gasteiger partial charge in [0.05, 0.1) is 11.9 Å². The molecule has 2 aromatic rings. The molecule has 2 fully saturated rings. The van der Waals surface area contributed by atoms with E-state index in [4.69, 9.17) is 0 Å². The van der Waals surface area contributed by atoms with Gasteiger partial charge in [-0.15, -0.1) is 0 Å². The first-order valence-corrected chi connectivity index (χ1v) is 11.8. The zero-order chi connectivity index (χ0) is 22.5. The van der Waals surface area contributed by atoms with Crippen LogP contribution in [-0.2, 0) is 4.79 Å². The highest BCUT2D eigenvalue weighted by molar-refractivity contribution is 5.92. The van der Waals surface area contributed by atoms with Crippen molar-refractivity contribution in [2.24, 2.45) is 5.92 Å². The van der Waals surface area contributed by atoms with E-state index in [0.717, 1.165) is 26.2 Å². The molecule has 0 atom stereocenters. The molecular weight excluding hydrogens is 404 g/mol. The Labute approximate surface area is 190 Å². The van der Waals surface area contributed by atoms with E-state index < -0.39 is 0 Å². The molecule has 0 bridgehead atoms. The smallest absolute Gasteiger partial charge is 0.274 e. The summed E-state index contributed by atoms with van der Waals surface area (Å²) in [6, 6.07) is 4.32. The molecule has 1 aliphatic heterocycles. The van der Waals surface area contributed by atoms with Gasteiger partial charge in [0.25, 0.3) is 5.91 Å². The fraction of sp³-hybridized carbons (Fsp3) is 0.583. The summed E-state index contributed by atoms with van der Waals surface area (Å²) >= 11 is 0. The van der Waals surface area contributed by atoms with Crippen LogP contribution in [0.15, 0.2) is 30.9 Å². The van der Waals surface area contributed by atoms with E-state index in [0.29, 0.717) is 35.6 Å². The summed E-state index contributed by atoms with van der Waals surface area (Å²) in [5.74, 6) is 0.915. The highest BCUT2D eigenvalue weighted by Gasteiger charge is 2.28. The second kappa shape index (κ2) is 10.3. The van der Waals surface area contributed by atoms with E-state index in [2.05, 4.69) is 20.2 Å². The van der Waals surface area contributed by atoms with E-state index in [1.165, 1.54) is 32.1 Å². The van der Waals surface area contributed by atoms with Gasteiger partial charge in [0.1, 0.15) is 17.8 Å². The van der Waals surface area contributed by atoms with Gasteiger partial charge in [-0.2, -0.15) is 0 Å². The van der Waals surface area contributed by atoms with Crippen molar-refractivity contribution >= 4 is 17.5 Å². The van der Waals surface area contributed by atoms with E-state index in [-0.39, 0.29) is 11.8 Å². The first kappa shape index (κ1) is 22.5. The monoisotopic (exact) mass is 438 g/mol. The third-order valence-corrected chi connectivity index (χ3v) is 6.38. The van der Waals surface area contributed by atoms with E-state index in [1.54, 1.807) is 23.3 Å². The van der Waals surface area contributed by atoms with Crippen molar-refractivity contribution in [3.05, 3.63) is 36.5 Å². The Morgan fingerprint density at radius 3 is 2.47 bits per heavy atom. The first-order valence-electron chi connectivity index (χ1n) is 11.8. The average molecular weight is 439 g/mol. The molecule has 172 valence electrons. The summed E-state index contributed by atoms with van der Waals surface area (Å²) in [5.41, 5.74) is 1.10. The fourth-order valence-corrected chi connectivity index (χ4v) is 4.65. The minimum Gasteiger partial charge on any atom is -0.335 e. The zero-order valence-corrected chi connectivity index (χ0v) is 19.2. The molecule has 0 aromatic carbocycles. The molecule has 2 aromatic heterocycles. The average Bonchev–Trinajstić information content (AvgIpc) is 3.29. The molecule has 3 heterocycles. The minimum atomic E-state index is -0.0235. The van der Waals surface area contributed by atoms with Gasteiger partial charge >= 0.3 is 0 Å². The highest BCUT2D eigenvalue weighted by Crippen LogP contribution is 2.24. The van der Waals surface area contributed by atoms with Gasteiger partial charge in [-0.05, 0) is 30.9 Å². The summed E-state index contributed by atoms with van der Waals surface area (Å²) < 4.78 is 1.74. The van der Waals surface area contributed by atoms with Crippen molar-refractivity contribution in [2.45, 2.75) is 58.4 Å². The number of amides is 2. The molecule has 1 N–H and O–H groups in total. The maximum atomic E-state index is 13.0. The van der Waals surface area contributed by atoms with Crippen molar-refractivity contribution < 1.29 is 9.59 Å². The van der Waals surface area contributed by atoms with Gasteiger partial charge < -0.3 is 10.2 Å². The van der Waals surface area contributed by atoms with Crippen LogP contribution >= 0.6 is 0 Å². The number of hydrogen-bond acceptors (Lipinski definition) is 5. The normalized spacial score (nSPS) is 18.2. The number of carbonyl (C=O) groups excluding carboxylic acids is 2. The maximum Gasteiger partial charge on any atom is 0.274 e. The Hall–Kier alpha value is -2.74. The first-order chi connectivity index (χ1) is 15.5. The van der Waals surface area contributed by atoms with Crippen molar-refractivity contribution in [1.82, 2.24) is 24.3 Å². The predicted octanol–water partition coefficient (Wildman–Crippen LogP) is 3.34. The summed E-state index contributed by atoms with van der Waals surface area (Å²) in [6.07, 6.45) is 12.1. The number of piperazine rings is 1. The molecule has 2 amide bonds. The Balaban J connectivity index is 1.32. The highest BCUT2D eigenvalue weighted by atomic mass is 16.2. The summed E-state index contributed by atoms with van der Waals surface area (Å²) in [4.78, 5) is 38.1. The van der Waals surface area contributed by atoms with Crippen LogP contribution in [0.3, 0.4) is 0 Å². The van der Waals surface area contributed by atoms with Crippen molar-refractivity contribution in [3.63, 3.8) is 0 Å². The number of pyridine rings is 1. The molecule has 1 saturated carbocycles. The number of aromatic nitrogens is 3. The standard InChI is InChI=1S/C24H34N6O2/c1-18(2)14-23(31)27-19-8-9-22(25-15-19)30-16-21(26-17-30)24(32)29-12-10-28(11-13-29)20-6-4-3-5-7-20/h8-9,15-18,20H,3-7,10-14H2,1-2H3,(H,27,31). The molecule has 4 rings (SSSR count). The van der Waals surface area contributed by atoms with Crippen molar-refractivity contribution in [2.75, 3.05) is 31.5 Å². The van der Waals surface area contributed by atoms with Gasteiger partial charge in [-0.3, -0.25) is 19.1 Å². The van der Waals surface area contributed by atoms with Gasteiger partial charge in [0, 0.05) is 44.8 Å². The molecule has 0 unspecified atom stereocenters. The van der Waals surface area contributed by atoms with E-state index in [1.807, 2.05) is 30.9 Å². The molecule has 0 spiro atoms. The molecule has 1 aliphatic carbocycles. The Morgan fingerprint density at radius 1 is 1.06 bits per heavy atom. The van der Waals surface area contributed by atoms with Crippen LogP contribution in [0.5, 0.6) is 0 Å². The second-order valence-corrected chi connectivity index (χ2v) is 9.34. The van der Waals surface area contributed by atoms with Crippen LogP contribution < -0.4 is 5.32 Å². The van der Waals surface area contributed by atoms with E-state index in [9.17, 15) is 9.59 Å². The fourth-order valence-electron chi connectivity index (χ4n) is 4.65. The Bertz CT molecular complexity index is 909. The largest absolute Gasteiger partial charge is 0.335 e. The number of carbonyl (C=O) groups is 2. The molecule has 1 saturated heterocycles. The summed E-state index contributed by atoms with van der Waals surface area (Å²) in [6.45, 7) is 7.42. The Kier molecular flexibility index (Phi) is 7.19. The predicted molar refractivity (Wildman–Crippen MR) is 124 cm³/mol. The molecule has 0 radical (unpaired) electrons. The van der Waals surface area contributed by atoms with Crippen LogP contribution in [0.1, 0.15) is 62.9 Å². The Morgan fingerprint density at radius 2 is 1.81 bits per heavy atom. The SMILES string of the molecule is CC(C)CC(=O)Nc1ccc(-n2cnc(C(=O)N3CCN(C4CCCCC4)CC3)c2)nc1. The van der Waals surface area contributed by atoms with Crippen molar-refractivity contribution in [3.8, 4) is 5.82 Å². The molecule has 2 aliphatic rings. The van der Waals surface area contributed by atoms with Gasteiger partial charge in [-0.1, -0.05) is 33.1 Å². The summed E-state index contributed by atoms with van der Waals surface area (Å²) in [5, 5.41) is 2.85. The minimum absolute atomic E-state index is 0.0198. The number of hydrogen-bond donors (Lipinski definition) is 1. The van der Waals surface area contributed by atoms with E-state index >= 15 is 0 Å². The summed E-state index contributed by atoms with van der Waals surface area (Å²) in [7, 11) is 0. The van der Waals surface area contributed by atoms with Crippen LogP contribution in [0.4, 0.5) is 5.69 Å². The van der Waals surface area contributed by atoms with Crippen molar-refractivity contribution in [1.29, 1.82) is 0 Å². The van der Waals surface area contributed by atoms with Gasteiger partial charge in [0.15, 0.2) is 0 Å². The lowest BCUT2D eigenvalue weighted by Crippen LogP contribution is -2.52. The van der Waals surface area contributed by atoms with Gasteiger partial charge in [-0.25, -0.2) is 9.97 Å². The lowest BCUT2D eigenvalue weighted by atomic mass is 9.94. The number of anilines is 1. The number of nitrogens with zero attached hydrogens (tertiary/aromatic N) is 5. The number of nitrogens with one attached hydrogen (secondary N) is 1. The number of imidazole rings is 1. The second-order valence-electron chi connectivity index (χ2n) is 9.34. The zero-order valence-electron chi connectivity index (χ0n) is 19.2. The third kappa shape index (κ3) is 5.54. The third-order valence-electron chi connectivity index (χ3n) is 6.38.